The molecule has 1 aliphatic rings. The van der Waals surface area contributed by atoms with E-state index in [0.717, 1.165) is 11.8 Å². The molecule has 0 aliphatic heterocycles. The van der Waals surface area contributed by atoms with Gasteiger partial charge in [0.2, 0.25) is 0 Å². The fourth-order valence-corrected chi connectivity index (χ4v) is 3.44. The Morgan fingerprint density at radius 3 is 2.29 bits per heavy atom. The minimum atomic E-state index is 0.579. The summed E-state index contributed by atoms with van der Waals surface area (Å²) < 4.78 is 0. The van der Waals surface area contributed by atoms with Gasteiger partial charge in [-0.1, -0.05) is 70.2 Å². The van der Waals surface area contributed by atoms with Crippen LogP contribution in [0.15, 0.2) is 12.7 Å². The first-order valence-electron chi connectivity index (χ1n) is 7.78. The molecule has 0 aromatic heterocycles. The third-order valence-corrected chi connectivity index (χ3v) is 5.45. The quantitative estimate of drug-likeness (QED) is 0.486. The van der Waals surface area contributed by atoms with Crippen LogP contribution in [0.25, 0.3) is 0 Å². The van der Waals surface area contributed by atoms with Gasteiger partial charge in [-0.3, -0.25) is 0 Å². The molecule has 0 radical (unpaired) electrons. The van der Waals surface area contributed by atoms with Crippen molar-refractivity contribution in [2.24, 2.45) is 11.8 Å². The Morgan fingerprint density at radius 1 is 1.06 bits per heavy atom. The summed E-state index contributed by atoms with van der Waals surface area (Å²) >= 11 is 0. The molecule has 0 saturated heterocycles. The van der Waals surface area contributed by atoms with Crippen molar-refractivity contribution in [2.45, 2.75) is 76.9 Å². The lowest BCUT2D eigenvalue weighted by atomic mass is 9.55. The van der Waals surface area contributed by atoms with Crippen LogP contribution in [-0.4, -0.2) is 7.85 Å². The normalized spacial score (nSPS) is 27.9. The Hall–Kier alpha value is -0.195. The average Bonchev–Trinajstić information content (AvgIpc) is 2.49. The summed E-state index contributed by atoms with van der Waals surface area (Å²) in [5.41, 5.74) is 0. The molecular formula is C16H31B. The zero-order valence-electron chi connectivity index (χ0n) is 12.3. The Kier molecular flexibility index (Phi) is 6.37. The van der Waals surface area contributed by atoms with Gasteiger partial charge in [0, 0.05) is 0 Å². The lowest BCUT2D eigenvalue weighted by Crippen LogP contribution is -2.23. The summed E-state index contributed by atoms with van der Waals surface area (Å²) in [5, 5.41) is 0.579. The maximum Gasteiger partial charge on any atom is 0.109 e. The molecule has 1 aliphatic carbocycles. The second kappa shape index (κ2) is 7.29. The van der Waals surface area contributed by atoms with Gasteiger partial charge < -0.3 is 0 Å². The molecule has 0 aromatic rings. The number of hydrogen-bond donors (Lipinski definition) is 0. The standard InChI is InChI=1S/C16H31B/c1-4-14-10-8-7-9-11-15(13-12-14)16(17,5-2)6-3/h4,14-15H,1,5-13,17H2,2-3H3. The molecule has 98 valence electrons. The average molecular weight is 234 g/mol. The van der Waals surface area contributed by atoms with Gasteiger partial charge in [-0.25, -0.2) is 0 Å². The molecule has 1 fully saturated rings. The maximum absolute atomic E-state index is 4.01. The van der Waals surface area contributed by atoms with Crippen molar-refractivity contribution in [1.29, 1.82) is 0 Å². The van der Waals surface area contributed by atoms with Crippen LogP contribution in [0.5, 0.6) is 0 Å². The minimum absolute atomic E-state index is 0.579. The van der Waals surface area contributed by atoms with Crippen molar-refractivity contribution >= 4 is 7.85 Å². The topological polar surface area (TPSA) is 0 Å². The Morgan fingerprint density at radius 2 is 1.71 bits per heavy atom. The summed E-state index contributed by atoms with van der Waals surface area (Å²) in [6.45, 7) is 8.77. The Balaban J connectivity index is 2.65. The lowest BCUT2D eigenvalue weighted by Gasteiger charge is -2.37. The fraction of sp³-hybridized carbons (Fsp3) is 0.875. The van der Waals surface area contributed by atoms with E-state index in [1.54, 1.807) is 0 Å². The molecule has 0 N–H and O–H groups in total. The second-order valence-corrected chi connectivity index (χ2v) is 6.27. The van der Waals surface area contributed by atoms with Crippen molar-refractivity contribution in [2.75, 3.05) is 0 Å². The van der Waals surface area contributed by atoms with Crippen LogP contribution < -0.4 is 0 Å². The first-order chi connectivity index (χ1) is 8.16. The monoisotopic (exact) mass is 234 g/mol. The smallest absolute Gasteiger partial charge is 0.103 e. The molecule has 0 heterocycles. The number of allylic oxidation sites excluding steroid dienone is 1. The van der Waals surface area contributed by atoms with Crippen LogP contribution in [0, 0.1) is 11.8 Å². The first-order valence-corrected chi connectivity index (χ1v) is 7.78. The molecule has 1 saturated carbocycles. The van der Waals surface area contributed by atoms with Crippen molar-refractivity contribution in [1.82, 2.24) is 0 Å². The van der Waals surface area contributed by atoms with Gasteiger partial charge in [-0.2, -0.15) is 0 Å². The third-order valence-electron chi connectivity index (χ3n) is 5.45. The molecule has 1 rings (SSSR count). The molecule has 0 bridgehead atoms. The van der Waals surface area contributed by atoms with E-state index in [0.29, 0.717) is 5.31 Å². The van der Waals surface area contributed by atoms with E-state index in [2.05, 4.69) is 34.3 Å². The maximum atomic E-state index is 4.01. The minimum Gasteiger partial charge on any atom is -0.103 e. The molecular weight excluding hydrogens is 203 g/mol. The predicted octanol–water partition coefficient (Wildman–Crippen LogP) is 4.76. The van der Waals surface area contributed by atoms with Gasteiger partial charge in [-0.15, -0.1) is 6.58 Å². The fourth-order valence-electron chi connectivity index (χ4n) is 3.44. The zero-order chi connectivity index (χ0) is 12.7. The highest BCUT2D eigenvalue weighted by Gasteiger charge is 2.30. The molecule has 0 aromatic carbocycles. The van der Waals surface area contributed by atoms with Crippen LogP contribution in [-0.2, 0) is 0 Å². The van der Waals surface area contributed by atoms with Gasteiger partial charge >= 0.3 is 0 Å². The molecule has 0 nitrogen and oxygen atoms in total. The highest BCUT2D eigenvalue weighted by Crippen LogP contribution is 2.45. The van der Waals surface area contributed by atoms with Gasteiger partial charge in [0.25, 0.3) is 0 Å². The summed E-state index contributed by atoms with van der Waals surface area (Å²) in [5.74, 6) is 1.73. The van der Waals surface area contributed by atoms with Crippen LogP contribution in [0.4, 0.5) is 0 Å². The zero-order valence-corrected chi connectivity index (χ0v) is 12.3. The molecule has 2 atom stereocenters. The number of hydrogen-bond acceptors (Lipinski definition) is 0. The van der Waals surface area contributed by atoms with E-state index in [1.807, 2.05) is 0 Å². The summed E-state index contributed by atoms with van der Waals surface area (Å²) in [7, 11) is 2.51. The largest absolute Gasteiger partial charge is 0.109 e. The molecule has 0 amide bonds. The van der Waals surface area contributed by atoms with Gasteiger partial charge in [0.15, 0.2) is 0 Å². The van der Waals surface area contributed by atoms with Crippen molar-refractivity contribution in [3.05, 3.63) is 12.7 Å². The van der Waals surface area contributed by atoms with Crippen molar-refractivity contribution in [3.8, 4) is 0 Å². The van der Waals surface area contributed by atoms with E-state index in [1.165, 1.54) is 57.8 Å². The first kappa shape index (κ1) is 14.9. The van der Waals surface area contributed by atoms with E-state index in [-0.39, 0.29) is 0 Å². The van der Waals surface area contributed by atoms with E-state index >= 15 is 0 Å². The molecule has 0 spiro atoms. The second-order valence-electron chi connectivity index (χ2n) is 6.27. The Labute approximate surface area is 110 Å². The molecule has 2 unspecified atom stereocenters. The third kappa shape index (κ3) is 4.19. The van der Waals surface area contributed by atoms with Crippen LogP contribution >= 0.6 is 0 Å². The van der Waals surface area contributed by atoms with Crippen LogP contribution in [0.2, 0.25) is 5.31 Å². The summed E-state index contributed by atoms with van der Waals surface area (Å²) in [4.78, 5) is 0. The molecule has 17 heavy (non-hydrogen) atoms. The highest BCUT2D eigenvalue weighted by atomic mass is 14.3. The van der Waals surface area contributed by atoms with Gasteiger partial charge in [0.1, 0.15) is 7.85 Å². The van der Waals surface area contributed by atoms with Gasteiger partial charge in [0.05, 0.1) is 0 Å². The summed E-state index contributed by atoms with van der Waals surface area (Å²) in [6, 6.07) is 0. The predicted molar refractivity (Wildman–Crippen MR) is 81.3 cm³/mol. The summed E-state index contributed by atoms with van der Waals surface area (Å²) in [6.07, 6.45) is 14.8. The Bertz CT molecular complexity index is 218. The highest BCUT2D eigenvalue weighted by molar-refractivity contribution is 6.15. The van der Waals surface area contributed by atoms with Crippen molar-refractivity contribution < 1.29 is 0 Å². The van der Waals surface area contributed by atoms with E-state index in [4.69, 9.17) is 0 Å². The van der Waals surface area contributed by atoms with Crippen LogP contribution in [0.1, 0.15) is 71.6 Å². The van der Waals surface area contributed by atoms with Crippen LogP contribution in [0.3, 0.4) is 0 Å². The lowest BCUT2D eigenvalue weighted by molar-refractivity contribution is 0.281. The van der Waals surface area contributed by atoms with Crippen molar-refractivity contribution in [3.63, 3.8) is 0 Å². The SMILES string of the molecule is BC(CC)(CC)C1CCCCCC(C=C)CC1. The van der Waals surface area contributed by atoms with E-state index in [9.17, 15) is 0 Å². The number of rotatable bonds is 4. The van der Waals surface area contributed by atoms with Gasteiger partial charge in [-0.05, 0) is 24.7 Å². The molecule has 1 heteroatoms. The van der Waals surface area contributed by atoms with E-state index < -0.39 is 0 Å².